The average molecular weight is 323 g/mol. The van der Waals surface area contributed by atoms with Crippen molar-refractivity contribution < 1.29 is 25.9 Å². The van der Waals surface area contributed by atoms with Crippen LogP contribution in [0.5, 0.6) is 0 Å². The Morgan fingerprint density at radius 3 is 2.80 bits per heavy atom. The van der Waals surface area contributed by atoms with Gasteiger partial charge in [0.15, 0.2) is 0 Å². The Kier molecular flexibility index (Phi) is 4.84. The van der Waals surface area contributed by atoms with E-state index < -0.39 is 0 Å². The first-order valence-corrected chi connectivity index (χ1v) is 3.58. The first-order valence-electron chi connectivity index (χ1n) is 2.70. The minimum Gasteiger partial charge on any atom is -0.336 e. The number of carbonyl (C=O) groups excluding carboxylic acids is 1. The van der Waals surface area contributed by atoms with Crippen LogP contribution in [0.15, 0.2) is 17.5 Å². The molecular weight excluding hydrogens is 316 g/mol. The van der Waals surface area contributed by atoms with Crippen LogP contribution in [-0.2, 0) is 21.1 Å². The predicted octanol–water partition coefficient (Wildman–Crippen LogP) is 2.15. The molecule has 0 amide bonds. The van der Waals surface area contributed by atoms with Gasteiger partial charge in [0.25, 0.3) is 0 Å². The van der Waals surface area contributed by atoms with Crippen molar-refractivity contribution >= 4 is 17.1 Å². The van der Waals surface area contributed by atoms with Crippen LogP contribution in [0.3, 0.4) is 0 Å². The number of Topliss-reactive ketones (excluding diaryl/α,β-unsaturated/α-hetero) is 1. The quantitative estimate of drug-likeness (QED) is 0.602. The topological polar surface area (TPSA) is 17.1 Å². The molecule has 0 aliphatic rings. The molecule has 0 N–H and O–H groups in total. The third kappa shape index (κ3) is 2.35. The zero-order chi connectivity index (χ0) is 6.69. The molecule has 10 heavy (non-hydrogen) atoms. The second kappa shape index (κ2) is 4.81. The molecule has 0 fully saturated rings. The summed E-state index contributed by atoms with van der Waals surface area (Å²) in [4.78, 5) is 11.6. The van der Waals surface area contributed by atoms with Crippen molar-refractivity contribution in [3.8, 4) is 0 Å². The molecule has 0 saturated carbocycles. The zero-order valence-electron chi connectivity index (χ0n) is 5.37. The fourth-order valence-corrected chi connectivity index (χ4v) is 1.25. The maximum absolute atomic E-state index is 10.8. The summed E-state index contributed by atoms with van der Waals surface area (Å²) in [6, 6.07) is 3.69. The smallest absolute Gasteiger partial charge is 0.336 e. The molecule has 3 heteroatoms. The Labute approximate surface area is 78.7 Å². The normalized spacial score (nSPS) is 8.50. The second-order valence-corrected chi connectivity index (χ2v) is 2.60. The van der Waals surface area contributed by atoms with E-state index in [-0.39, 0.29) is 26.8 Å². The number of thiophene rings is 1. The second-order valence-electron chi connectivity index (χ2n) is 1.65. The number of ketones is 1. The Hall–Kier alpha value is 0.0583. The van der Waals surface area contributed by atoms with E-state index in [1.165, 1.54) is 11.3 Å². The van der Waals surface area contributed by atoms with Crippen LogP contribution >= 0.6 is 11.3 Å². The molecule has 1 nitrogen and oxygen atoms in total. The fourth-order valence-electron chi connectivity index (χ4n) is 0.560. The van der Waals surface area contributed by atoms with Gasteiger partial charge in [-0.2, -0.15) is 0 Å². The molecule has 0 bridgehead atoms. The van der Waals surface area contributed by atoms with E-state index in [0.717, 1.165) is 4.88 Å². The van der Waals surface area contributed by atoms with Gasteiger partial charge in [-0.25, -0.2) is 0 Å². The molecule has 1 aromatic heterocycles. The maximum atomic E-state index is 10.8. The van der Waals surface area contributed by atoms with Gasteiger partial charge in [-0.1, -0.05) is 6.07 Å². The van der Waals surface area contributed by atoms with E-state index >= 15 is 0 Å². The molecule has 0 aliphatic heterocycles. The number of carbonyl (C=O) groups is 1. The first kappa shape index (κ1) is 10.1. The number of hydrogen-bond donors (Lipinski definition) is 0. The van der Waals surface area contributed by atoms with Gasteiger partial charge in [-0.15, -0.1) is 17.8 Å². The molecule has 1 aromatic rings. The SMILES string of the molecule is [CH2-]CC(=O)c1cccs1.[W+2]. The Bertz CT molecular complexity index is 193. The van der Waals surface area contributed by atoms with Crippen LogP contribution in [0.25, 0.3) is 0 Å². The van der Waals surface area contributed by atoms with Crippen LogP contribution in [0, 0.1) is 6.92 Å². The van der Waals surface area contributed by atoms with Gasteiger partial charge in [0, 0.05) is 0 Å². The number of rotatable bonds is 2. The third-order valence-corrected chi connectivity index (χ3v) is 1.93. The van der Waals surface area contributed by atoms with Crippen molar-refractivity contribution in [2.24, 2.45) is 0 Å². The monoisotopic (exact) mass is 323 g/mol. The summed E-state index contributed by atoms with van der Waals surface area (Å²) >= 11 is 1.47. The zero-order valence-corrected chi connectivity index (χ0v) is 9.12. The van der Waals surface area contributed by atoms with Gasteiger partial charge in [-0.05, 0) is 11.4 Å². The predicted molar refractivity (Wildman–Crippen MR) is 38.6 cm³/mol. The average Bonchev–Trinajstić information content (AvgIpc) is 2.37. The van der Waals surface area contributed by atoms with Crippen LogP contribution in [0.4, 0.5) is 0 Å². The van der Waals surface area contributed by atoms with E-state index in [0.29, 0.717) is 6.42 Å². The van der Waals surface area contributed by atoms with Crippen molar-refractivity contribution in [3.05, 3.63) is 29.3 Å². The summed E-state index contributed by atoms with van der Waals surface area (Å²) in [6.45, 7) is 3.50. The van der Waals surface area contributed by atoms with E-state index in [2.05, 4.69) is 6.92 Å². The van der Waals surface area contributed by atoms with Gasteiger partial charge in [0.1, 0.15) is 5.78 Å². The molecule has 52 valence electrons. The summed E-state index contributed by atoms with van der Waals surface area (Å²) < 4.78 is 0. The first-order chi connectivity index (χ1) is 4.34. The molecule has 0 spiro atoms. The maximum Gasteiger partial charge on any atom is 2.00 e. The van der Waals surface area contributed by atoms with Gasteiger partial charge in [-0.3, -0.25) is 4.79 Å². The van der Waals surface area contributed by atoms with Crippen molar-refractivity contribution in [1.29, 1.82) is 0 Å². The van der Waals surface area contributed by atoms with E-state index in [1.807, 2.05) is 17.5 Å². The molecule has 0 unspecified atom stereocenters. The molecule has 1 heterocycles. The van der Waals surface area contributed by atoms with E-state index in [9.17, 15) is 4.79 Å². The molecular formula is C7H7OSW+. The van der Waals surface area contributed by atoms with Crippen LogP contribution in [-0.4, -0.2) is 5.78 Å². The minimum absolute atomic E-state index is 0. The number of hydrogen-bond acceptors (Lipinski definition) is 2. The molecule has 0 radical (unpaired) electrons. The molecule has 0 aliphatic carbocycles. The molecule has 0 saturated heterocycles. The van der Waals surface area contributed by atoms with Gasteiger partial charge in [0.2, 0.25) is 0 Å². The standard InChI is InChI=1S/C7H7OS.W/c1-2-6(8)7-4-3-5-9-7;/h3-5H,1-2H2;/q-1;+2. The van der Waals surface area contributed by atoms with E-state index in [4.69, 9.17) is 0 Å². The molecule has 0 aromatic carbocycles. The fraction of sp³-hybridized carbons (Fsp3) is 0.143. The largest absolute Gasteiger partial charge is 2.00 e. The summed E-state index contributed by atoms with van der Waals surface area (Å²) in [5.74, 6) is 0.130. The minimum atomic E-state index is 0. The van der Waals surface area contributed by atoms with E-state index in [1.54, 1.807) is 0 Å². The van der Waals surface area contributed by atoms with Gasteiger partial charge in [0.05, 0.1) is 4.88 Å². The third-order valence-electron chi connectivity index (χ3n) is 1.02. The van der Waals surface area contributed by atoms with Crippen LogP contribution in [0.1, 0.15) is 16.1 Å². The van der Waals surface area contributed by atoms with Gasteiger partial charge >= 0.3 is 21.1 Å². The molecule has 0 atom stereocenters. The van der Waals surface area contributed by atoms with Crippen molar-refractivity contribution in [3.63, 3.8) is 0 Å². The summed E-state index contributed by atoms with van der Waals surface area (Å²) in [6.07, 6.45) is 0.362. The Balaban J connectivity index is 0.000000810. The van der Waals surface area contributed by atoms with Crippen LogP contribution < -0.4 is 0 Å². The van der Waals surface area contributed by atoms with Gasteiger partial charge < -0.3 is 6.92 Å². The molecule has 1 rings (SSSR count). The Morgan fingerprint density at radius 1 is 1.70 bits per heavy atom. The van der Waals surface area contributed by atoms with Crippen molar-refractivity contribution in [2.75, 3.05) is 0 Å². The van der Waals surface area contributed by atoms with Crippen LogP contribution in [0.2, 0.25) is 0 Å². The summed E-state index contributed by atoms with van der Waals surface area (Å²) in [7, 11) is 0. The van der Waals surface area contributed by atoms with Crippen molar-refractivity contribution in [1.82, 2.24) is 0 Å². The summed E-state index contributed by atoms with van der Waals surface area (Å²) in [5, 5.41) is 1.89. The Morgan fingerprint density at radius 2 is 2.40 bits per heavy atom. The van der Waals surface area contributed by atoms with Crippen molar-refractivity contribution in [2.45, 2.75) is 6.42 Å². The summed E-state index contributed by atoms with van der Waals surface area (Å²) in [5.41, 5.74) is 0.